The molecule has 0 saturated carbocycles. The first-order valence-electron chi connectivity index (χ1n) is 12.6. The smallest absolute Gasteiger partial charge is 0.329 e. The van der Waals surface area contributed by atoms with E-state index >= 15 is 0 Å². The molecule has 4 rings (SSSR count). The minimum Gasteiger partial charge on any atom is -0.459 e. The molecule has 2 atom stereocenters. The summed E-state index contributed by atoms with van der Waals surface area (Å²) in [4.78, 5) is 27.0. The van der Waals surface area contributed by atoms with Gasteiger partial charge in [0.25, 0.3) is 0 Å². The summed E-state index contributed by atoms with van der Waals surface area (Å²) in [6.07, 6.45) is 0.189. The number of thioether (sulfide) groups is 1. The van der Waals surface area contributed by atoms with Gasteiger partial charge in [-0.25, -0.2) is 13.2 Å². The van der Waals surface area contributed by atoms with Gasteiger partial charge in [-0.2, -0.15) is 4.31 Å². The van der Waals surface area contributed by atoms with Crippen molar-refractivity contribution >= 4 is 50.9 Å². The van der Waals surface area contributed by atoms with Gasteiger partial charge in [0.2, 0.25) is 15.9 Å². The number of hydrogen-bond acceptors (Lipinski definition) is 7. The molecule has 0 bridgehead atoms. The maximum atomic E-state index is 13.8. The van der Waals surface area contributed by atoms with E-state index in [-0.39, 0.29) is 22.9 Å². The third-order valence-corrected chi connectivity index (χ3v) is 10.5. The van der Waals surface area contributed by atoms with Crippen LogP contribution in [0.3, 0.4) is 0 Å². The summed E-state index contributed by atoms with van der Waals surface area (Å²) in [7, 11) is -4.09. The fraction of sp³-hybridized carbons (Fsp3) is 0.276. The summed E-state index contributed by atoms with van der Waals surface area (Å²) >= 11 is 6.18. The van der Waals surface area contributed by atoms with Crippen LogP contribution < -0.4 is 11.1 Å². The maximum absolute atomic E-state index is 13.8. The lowest BCUT2D eigenvalue weighted by molar-refractivity contribution is -0.149. The molecule has 8 nitrogen and oxygen atoms in total. The van der Waals surface area contributed by atoms with Crippen LogP contribution in [-0.4, -0.2) is 52.3 Å². The molecule has 11 heteroatoms. The number of thiocarbonyl (C=S) groups is 1. The van der Waals surface area contributed by atoms with Crippen LogP contribution in [0.25, 0.3) is 0 Å². The second-order valence-corrected chi connectivity index (χ2v) is 13.3. The van der Waals surface area contributed by atoms with Crippen molar-refractivity contribution in [2.75, 3.05) is 5.75 Å². The fourth-order valence-corrected chi connectivity index (χ4v) is 8.24. The van der Waals surface area contributed by atoms with Crippen molar-refractivity contribution in [2.24, 2.45) is 5.73 Å². The van der Waals surface area contributed by atoms with E-state index in [2.05, 4.69) is 5.32 Å². The predicted molar refractivity (Wildman–Crippen MR) is 160 cm³/mol. The summed E-state index contributed by atoms with van der Waals surface area (Å²) < 4.78 is 34.3. The van der Waals surface area contributed by atoms with E-state index < -0.39 is 38.9 Å². The Balaban J connectivity index is 1.57. The maximum Gasteiger partial charge on any atom is 0.329 e. The van der Waals surface area contributed by atoms with E-state index in [4.69, 9.17) is 22.7 Å². The largest absolute Gasteiger partial charge is 0.459 e. The highest BCUT2D eigenvalue weighted by Crippen LogP contribution is 2.41. The zero-order valence-electron chi connectivity index (χ0n) is 22.1. The van der Waals surface area contributed by atoms with Crippen LogP contribution in [0.1, 0.15) is 30.5 Å². The van der Waals surface area contributed by atoms with Gasteiger partial charge >= 0.3 is 5.97 Å². The number of ether oxygens (including phenoxy) is 1. The van der Waals surface area contributed by atoms with Crippen molar-refractivity contribution in [2.45, 2.75) is 48.7 Å². The quantitative estimate of drug-likeness (QED) is 0.269. The molecule has 0 radical (unpaired) electrons. The van der Waals surface area contributed by atoms with Crippen LogP contribution in [0.2, 0.25) is 0 Å². The molecular formula is C29H31N3O5S3. The zero-order valence-corrected chi connectivity index (χ0v) is 24.6. The minimum atomic E-state index is -4.09. The van der Waals surface area contributed by atoms with Gasteiger partial charge in [0, 0.05) is 23.3 Å². The van der Waals surface area contributed by atoms with Crippen LogP contribution >= 0.6 is 24.0 Å². The van der Waals surface area contributed by atoms with Gasteiger partial charge in [-0.05, 0) is 37.1 Å². The lowest BCUT2D eigenvalue weighted by atomic mass is 10.1. The first-order chi connectivity index (χ1) is 19.0. The molecule has 1 fully saturated rings. The summed E-state index contributed by atoms with van der Waals surface area (Å²) in [5.41, 5.74) is 6.97. The number of esters is 1. The lowest BCUT2D eigenvalue weighted by Crippen LogP contribution is -2.55. The van der Waals surface area contributed by atoms with Crippen LogP contribution in [0.4, 0.5) is 0 Å². The Morgan fingerprint density at radius 3 is 2.17 bits per heavy atom. The van der Waals surface area contributed by atoms with Crippen molar-refractivity contribution < 1.29 is 22.7 Å². The van der Waals surface area contributed by atoms with Gasteiger partial charge in [-0.1, -0.05) is 85.0 Å². The molecule has 3 aromatic rings. The summed E-state index contributed by atoms with van der Waals surface area (Å²) in [6.45, 7) is 3.59. The number of carbonyl (C=O) groups excluding carboxylic acids is 2. The molecular weight excluding hydrogens is 567 g/mol. The van der Waals surface area contributed by atoms with Crippen LogP contribution in [0.5, 0.6) is 0 Å². The molecule has 3 N–H and O–H groups in total. The van der Waals surface area contributed by atoms with Gasteiger partial charge in [-0.15, -0.1) is 11.8 Å². The summed E-state index contributed by atoms with van der Waals surface area (Å²) in [5.74, 6) is -0.806. The summed E-state index contributed by atoms with van der Waals surface area (Å²) in [6, 6.07) is 23.4. The number of sulfonamides is 1. The third-order valence-electron chi connectivity index (χ3n) is 6.43. The molecule has 1 saturated heterocycles. The van der Waals surface area contributed by atoms with E-state index in [0.717, 1.165) is 11.1 Å². The Kier molecular flexibility index (Phi) is 9.29. The molecule has 1 amide bonds. The Bertz CT molecular complexity index is 1460. The molecule has 210 valence electrons. The summed E-state index contributed by atoms with van der Waals surface area (Å²) in [5, 5.41) is 1.70. The Hall–Kier alpha value is -3.25. The van der Waals surface area contributed by atoms with Crippen molar-refractivity contribution in [1.82, 2.24) is 9.62 Å². The number of benzene rings is 3. The van der Waals surface area contributed by atoms with E-state index in [9.17, 15) is 18.0 Å². The molecule has 1 heterocycles. The second-order valence-electron chi connectivity index (χ2n) is 10.0. The molecule has 1 aliphatic heterocycles. The number of amides is 1. The predicted octanol–water partition coefficient (Wildman–Crippen LogP) is 3.63. The Labute approximate surface area is 244 Å². The highest BCUT2D eigenvalue weighted by atomic mass is 32.2. The SMILES string of the molecule is CC1(C)CS[C@@H](C(=O)N[C@@H](Cc2ccccc2)C(=O)OCc2ccccc2)N1S(=O)(=O)c1ccc(C(N)=S)cc1. The number of rotatable bonds is 10. The highest BCUT2D eigenvalue weighted by molar-refractivity contribution is 8.02. The number of nitrogens with one attached hydrogen (secondary N) is 1. The average molecular weight is 598 g/mol. The molecule has 0 spiro atoms. The average Bonchev–Trinajstić information content (AvgIpc) is 3.28. The van der Waals surface area contributed by atoms with Crippen molar-refractivity contribution in [1.29, 1.82) is 0 Å². The molecule has 1 aliphatic rings. The topological polar surface area (TPSA) is 119 Å². The van der Waals surface area contributed by atoms with E-state index in [1.54, 1.807) is 26.0 Å². The minimum absolute atomic E-state index is 0.0176. The number of nitrogens with zero attached hydrogens (tertiary/aromatic N) is 1. The standard InChI is InChI=1S/C29H31N3O5S3/c1-29(2)19-39-27(32(29)40(35,36)23-15-13-22(14-16-23)25(30)38)26(33)31-24(17-20-9-5-3-6-10-20)28(34)37-18-21-11-7-4-8-12-21/h3-16,24,27H,17-19H2,1-2H3,(H2,30,38)(H,31,33)/t24-,27-/m0/s1. The van der Waals surface area contributed by atoms with Crippen LogP contribution in [0, 0.1) is 0 Å². The third kappa shape index (κ3) is 6.90. The van der Waals surface area contributed by atoms with Gasteiger partial charge in [0.1, 0.15) is 23.0 Å². The van der Waals surface area contributed by atoms with Gasteiger partial charge in [0.15, 0.2) is 0 Å². The molecule has 0 aliphatic carbocycles. The van der Waals surface area contributed by atoms with Gasteiger partial charge in [0.05, 0.1) is 4.90 Å². The van der Waals surface area contributed by atoms with Crippen LogP contribution in [0.15, 0.2) is 89.8 Å². The Morgan fingerprint density at radius 1 is 1.02 bits per heavy atom. The lowest BCUT2D eigenvalue weighted by Gasteiger charge is -2.33. The molecule has 0 aromatic heterocycles. The van der Waals surface area contributed by atoms with Crippen LogP contribution in [-0.2, 0) is 37.4 Å². The molecule has 3 aromatic carbocycles. The normalized spacial score (nSPS) is 17.6. The van der Waals surface area contributed by atoms with Crippen molar-refractivity contribution in [3.63, 3.8) is 0 Å². The van der Waals surface area contributed by atoms with Crippen molar-refractivity contribution in [3.05, 3.63) is 102 Å². The van der Waals surface area contributed by atoms with Gasteiger partial charge in [-0.3, -0.25) is 4.79 Å². The number of nitrogens with two attached hydrogens (primary N) is 1. The van der Waals surface area contributed by atoms with E-state index in [1.165, 1.54) is 28.2 Å². The first-order valence-corrected chi connectivity index (χ1v) is 15.5. The zero-order chi connectivity index (χ0) is 28.9. The number of hydrogen-bond donors (Lipinski definition) is 2. The Morgan fingerprint density at radius 2 is 1.60 bits per heavy atom. The fourth-order valence-electron chi connectivity index (χ4n) is 4.39. The molecule has 0 unspecified atom stereocenters. The highest BCUT2D eigenvalue weighted by Gasteiger charge is 2.51. The van der Waals surface area contributed by atoms with Crippen molar-refractivity contribution in [3.8, 4) is 0 Å². The molecule has 40 heavy (non-hydrogen) atoms. The number of carbonyl (C=O) groups is 2. The van der Waals surface area contributed by atoms with Gasteiger partial charge < -0.3 is 15.8 Å². The second kappa shape index (κ2) is 12.5. The monoisotopic (exact) mass is 597 g/mol. The first kappa shape index (κ1) is 29.7. The van der Waals surface area contributed by atoms with E-state index in [0.29, 0.717) is 11.3 Å². The van der Waals surface area contributed by atoms with E-state index in [1.807, 2.05) is 60.7 Å².